The van der Waals surface area contributed by atoms with Crippen molar-refractivity contribution in [2.75, 3.05) is 45.8 Å². The molecule has 1 unspecified atom stereocenters. The minimum atomic E-state index is -0.866. The minimum absolute atomic E-state index is 0.0275. The molecule has 2 rings (SSSR count). The molecule has 0 spiro atoms. The molecule has 7 heteroatoms. The Morgan fingerprint density at radius 2 is 1.96 bits per heavy atom. The number of anilines is 1. The predicted molar refractivity (Wildman–Crippen MR) is 92.7 cm³/mol. The highest BCUT2D eigenvalue weighted by atomic mass is 16.5. The van der Waals surface area contributed by atoms with Crippen LogP contribution in [0.5, 0.6) is 5.75 Å². The number of nitrogens with zero attached hydrogens (tertiary/aromatic N) is 2. The molecule has 1 heterocycles. The Morgan fingerprint density at radius 3 is 2.52 bits per heavy atom. The van der Waals surface area contributed by atoms with Gasteiger partial charge in [0.1, 0.15) is 17.5 Å². The molecule has 1 aliphatic rings. The number of Topliss-reactive ketones (excluding diaryl/α,β-unsaturated/α-hetero) is 1. The Labute approximate surface area is 147 Å². The quantitative estimate of drug-likeness (QED) is 0.561. The zero-order chi connectivity index (χ0) is 18.6. The van der Waals surface area contributed by atoms with Gasteiger partial charge in [0.25, 0.3) is 0 Å². The minimum Gasteiger partial charge on any atom is -0.496 e. The van der Waals surface area contributed by atoms with Gasteiger partial charge >= 0.3 is 5.97 Å². The summed E-state index contributed by atoms with van der Waals surface area (Å²) in [5.41, 5.74) is 1.47. The molecule has 0 radical (unpaired) electrons. The van der Waals surface area contributed by atoms with Crippen LogP contribution in [0.1, 0.15) is 12.5 Å². The average Bonchev–Trinajstić information content (AvgIpc) is 2.58. The Hall–Kier alpha value is -2.41. The number of hydrogen-bond acceptors (Lipinski definition) is 6. The van der Waals surface area contributed by atoms with Gasteiger partial charge in [-0.1, -0.05) is 6.07 Å². The molecular weight excluding hydrogens is 324 g/mol. The molecule has 1 amide bonds. The van der Waals surface area contributed by atoms with E-state index in [0.717, 1.165) is 17.8 Å². The summed E-state index contributed by atoms with van der Waals surface area (Å²) in [6.07, 6.45) is 0.197. The third-order valence-corrected chi connectivity index (χ3v) is 4.39. The predicted octanol–water partition coefficient (Wildman–Crippen LogP) is 0.894. The van der Waals surface area contributed by atoms with E-state index >= 15 is 0 Å². The standard InChI is InChI=1S/C18H24N2O5/c1-12(21)15(18(23)25-4)9-13-5-6-14(10-16(13)24-3)20-8-7-19(2)11-17(20)22/h5-6,10,15H,7-9,11H2,1-4H3. The van der Waals surface area contributed by atoms with Crippen molar-refractivity contribution < 1.29 is 23.9 Å². The zero-order valence-corrected chi connectivity index (χ0v) is 15.1. The highest BCUT2D eigenvalue weighted by molar-refractivity contribution is 5.98. The van der Waals surface area contributed by atoms with E-state index < -0.39 is 11.9 Å². The van der Waals surface area contributed by atoms with Crippen LogP contribution >= 0.6 is 0 Å². The van der Waals surface area contributed by atoms with Crippen molar-refractivity contribution in [3.05, 3.63) is 23.8 Å². The fraction of sp³-hybridized carbons (Fsp3) is 0.500. The second kappa shape index (κ2) is 8.11. The number of hydrogen-bond donors (Lipinski definition) is 0. The summed E-state index contributed by atoms with van der Waals surface area (Å²) < 4.78 is 10.1. The second-order valence-electron chi connectivity index (χ2n) is 6.17. The van der Waals surface area contributed by atoms with Crippen molar-refractivity contribution >= 4 is 23.3 Å². The van der Waals surface area contributed by atoms with Crippen LogP contribution in [0.2, 0.25) is 0 Å². The molecule has 1 aliphatic heterocycles. The maximum atomic E-state index is 12.2. The number of ether oxygens (including phenoxy) is 2. The van der Waals surface area contributed by atoms with Crippen molar-refractivity contribution in [3.63, 3.8) is 0 Å². The van der Waals surface area contributed by atoms with E-state index in [1.165, 1.54) is 21.1 Å². The first-order chi connectivity index (χ1) is 11.9. The fourth-order valence-corrected chi connectivity index (χ4v) is 2.89. The molecule has 0 aromatic heterocycles. The van der Waals surface area contributed by atoms with Crippen molar-refractivity contribution in [3.8, 4) is 5.75 Å². The van der Waals surface area contributed by atoms with Gasteiger partial charge in [-0.25, -0.2) is 0 Å². The Balaban J connectivity index is 2.25. The summed E-state index contributed by atoms with van der Waals surface area (Å²) in [6.45, 7) is 3.14. The average molecular weight is 348 g/mol. The molecule has 0 aliphatic carbocycles. The van der Waals surface area contributed by atoms with E-state index in [2.05, 4.69) is 0 Å². The lowest BCUT2D eigenvalue weighted by Gasteiger charge is -2.32. The number of benzene rings is 1. The molecule has 1 saturated heterocycles. The van der Waals surface area contributed by atoms with Gasteiger partial charge < -0.3 is 14.4 Å². The molecule has 25 heavy (non-hydrogen) atoms. The van der Waals surface area contributed by atoms with E-state index in [4.69, 9.17) is 9.47 Å². The van der Waals surface area contributed by atoms with Gasteiger partial charge in [-0.05, 0) is 32.0 Å². The lowest BCUT2D eigenvalue weighted by Crippen LogP contribution is -2.48. The van der Waals surface area contributed by atoms with Crippen LogP contribution in [0.25, 0.3) is 0 Å². The highest BCUT2D eigenvalue weighted by Gasteiger charge is 2.27. The summed E-state index contributed by atoms with van der Waals surface area (Å²) >= 11 is 0. The lowest BCUT2D eigenvalue weighted by atomic mass is 9.95. The van der Waals surface area contributed by atoms with Crippen LogP contribution in [-0.4, -0.2) is 63.5 Å². The van der Waals surface area contributed by atoms with E-state index in [-0.39, 0.29) is 18.1 Å². The fourth-order valence-electron chi connectivity index (χ4n) is 2.89. The third-order valence-electron chi connectivity index (χ3n) is 4.39. The maximum Gasteiger partial charge on any atom is 0.316 e. The molecule has 0 N–H and O–H groups in total. The number of ketones is 1. The maximum absolute atomic E-state index is 12.2. The molecule has 1 aromatic carbocycles. The molecule has 0 saturated carbocycles. The van der Waals surface area contributed by atoms with E-state index in [0.29, 0.717) is 18.8 Å². The van der Waals surface area contributed by atoms with Gasteiger partial charge in [0.2, 0.25) is 5.91 Å². The summed E-state index contributed by atoms with van der Waals surface area (Å²) in [6, 6.07) is 5.38. The summed E-state index contributed by atoms with van der Waals surface area (Å²) in [5.74, 6) is -1.12. The van der Waals surface area contributed by atoms with Crippen LogP contribution in [0.15, 0.2) is 18.2 Å². The van der Waals surface area contributed by atoms with E-state index in [1.54, 1.807) is 17.0 Å². The first kappa shape index (κ1) is 18.9. The van der Waals surface area contributed by atoms with Crippen LogP contribution in [0.3, 0.4) is 0 Å². The number of methoxy groups -OCH3 is 2. The van der Waals surface area contributed by atoms with Crippen LogP contribution < -0.4 is 9.64 Å². The van der Waals surface area contributed by atoms with Crippen molar-refractivity contribution in [2.45, 2.75) is 13.3 Å². The molecule has 7 nitrogen and oxygen atoms in total. The Bertz CT molecular complexity index is 673. The van der Waals surface area contributed by atoms with Crippen LogP contribution in [0.4, 0.5) is 5.69 Å². The van der Waals surface area contributed by atoms with Crippen molar-refractivity contribution in [1.82, 2.24) is 4.90 Å². The van der Waals surface area contributed by atoms with Crippen molar-refractivity contribution in [1.29, 1.82) is 0 Å². The highest BCUT2D eigenvalue weighted by Crippen LogP contribution is 2.29. The molecule has 1 aromatic rings. The number of carbonyl (C=O) groups is 3. The number of carbonyl (C=O) groups excluding carboxylic acids is 3. The number of rotatable bonds is 6. The lowest BCUT2D eigenvalue weighted by molar-refractivity contribution is -0.148. The number of amides is 1. The first-order valence-electron chi connectivity index (χ1n) is 8.11. The smallest absolute Gasteiger partial charge is 0.316 e. The monoisotopic (exact) mass is 348 g/mol. The largest absolute Gasteiger partial charge is 0.496 e. The number of likely N-dealkylation sites (N-methyl/N-ethyl adjacent to an activating group) is 1. The SMILES string of the molecule is COC(=O)C(Cc1ccc(N2CCN(C)CC2=O)cc1OC)C(C)=O. The number of esters is 1. The van der Waals surface area contributed by atoms with Gasteiger partial charge in [0.15, 0.2) is 0 Å². The van der Waals surface area contributed by atoms with Gasteiger partial charge in [-0.2, -0.15) is 0 Å². The summed E-state index contributed by atoms with van der Waals surface area (Å²) in [7, 11) is 4.69. The Kier molecular flexibility index (Phi) is 6.14. The summed E-state index contributed by atoms with van der Waals surface area (Å²) in [4.78, 5) is 39.5. The van der Waals surface area contributed by atoms with Gasteiger partial charge in [-0.3, -0.25) is 19.3 Å². The third kappa shape index (κ3) is 4.36. The zero-order valence-electron chi connectivity index (χ0n) is 15.1. The van der Waals surface area contributed by atoms with E-state index in [9.17, 15) is 14.4 Å². The normalized spacial score (nSPS) is 16.5. The first-order valence-corrected chi connectivity index (χ1v) is 8.11. The molecular formula is C18H24N2O5. The van der Waals surface area contributed by atoms with E-state index in [1.807, 2.05) is 18.0 Å². The molecule has 0 bridgehead atoms. The van der Waals surface area contributed by atoms with Crippen LogP contribution in [-0.2, 0) is 25.5 Å². The summed E-state index contributed by atoms with van der Waals surface area (Å²) in [5, 5.41) is 0. The second-order valence-corrected chi connectivity index (χ2v) is 6.17. The van der Waals surface area contributed by atoms with Gasteiger partial charge in [0.05, 0.1) is 20.8 Å². The topological polar surface area (TPSA) is 76.2 Å². The van der Waals surface area contributed by atoms with Crippen LogP contribution in [0, 0.1) is 5.92 Å². The van der Waals surface area contributed by atoms with Crippen molar-refractivity contribution in [2.24, 2.45) is 5.92 Å². The van der Waals surface area contributed by atoms with Gasteiger partial charge in [0, 0.05) is 24.8 Å². The molecule has 1 atom stereocenters. The molecule has 136 valence electrons. The number of piperazine rings is 1. The Morgan fingerprint density at radius 1 is 1.24 bits per heavy atom. The van der Waals surface area contributed by atoms with Gasteiger partial charge in [-0.15, -0.1) is 0 Å². The molecule has 1 fully saturated rings.